The number of rotatable bonds is 5. The summed E-state index contributed by atoms with van der Waals surface area (Å²) in [4.78, 5) is 35.1. The van der Waals surface area contributed by atoms with Crippen molar-refractivity contribution in [1.29, 1.82) is 0 Å². The highest BCUT2D eigenvalue weighted by Gasteiger charge is 2.32. The number of benzene rings is 3. The van der Waals surface area contributed by atoms with Crippen LogP contribution >= 0.6 is 21.3 Å². The number of aromatic nitrogens is 3. The fourth-order valence-electron chi connectivity index (χ4n) is 4.74. The van der Waals surface area contributed by atoms with Crippen LogP contribution in [0.25, 0.3) is 27.9 Å². The molecule has 1 aliphatic rings. The summed E-state index contributed by atoms with van der Waals surface area (Å²) in [6.07, 6.45) is -2.95. The van der Waals surface area contributed by atoms with Crippen molar-refractivity contribution in [3.05, 3.63) is 94.8 Å². The van der Waals surface area contributed by atoms with Crippen LogP contribution in [0, 0.1) is 6.92 Å². The summed E-state index contributed by atoms with van der Waals surface area (Å²) in [6.45, 7) is 3.55. The van der Waals surface area contributed by atoms with E-state index < -0.39 is 44.9 Å². The Morgan fingerprint density at radius 3 is 2.35 bits per heavy atom. The van der Waals surface area contributed by atoms with Crippen molar-refractivity contribution in [2.24, 2.45) is 8.88 Å². The number of alkyl halides is 3. The van der Waals surface area contributed by atoms with Crippen LogP contribution in [0.1, 0.15) is 38.8 Å². The average Bonchev–Trinajstić information content (AvgIpc) is 3.51. The van der Waals surface area contributed by atoms with Gasteiger partial charge in [-0.15, -0.1) is 0 Å². The maximum atomic E-state index is 13.8. The van der Waals surface area contributed by atoms with Gasteiger partial charge in [-0.1, -0.05) is 18.2 Å². The van der Waals surface area contributed by atoms with E-state index >= 15 is 0 Å². The Bertz CT molecular complexity index is 2050. The molecule has 218 valence electrons. The number of carbonyl (C=O) groups is 2. The number of hydrogen-bond donors (Lipinski definition) is 3. The number of carbonyl (C=O) groups excluding carboxylic acids is 2. The van der Waals surface area contributed by atoms with Gasteiger partial charge in [0.15, 0.2) is 5.65 Å². The Morgan fingerprint density at radius 1 is 0.977 bits per heavy atom. The molecular formula is C29H22F3IN8O2. The number of hydrogen-bond acceptors (Lipinski definition) is 7. The van der Waals surface area contributed by atoms with Crippen molar-refractivity contribution in [3.63, 3.8) is 0 Å². The Kier molecular flexibility index (Phi) is 6.87. The molecule has 0 fully saturated rings. The summed E-state index contributed by atoms with van der Waals surface area (Å²) in [5.41, 5.74) is 14.9. The van der Waals surface area contributed by atoms with E-state index in [0.29, 0.717) is 22.3 Å². The van der Waals surface area contributed by atoms with Crippen molar-refractivity contribution >= 4 is 72.5 Å². The molecule has 0 atom stereocenters. The second-order valence-electron chi connectivity index (χ2n) is 9.81. The molecular weight excluding hydrogens is 676 g/mol. The van der Waals surface area contributed by atoms with Gasteiger partial charge in [-0.3, -0.25) is 17.3 Å². The summed E-state index contributed by atoms with van der Waals surface area (Å²) in [7, 11) is 0. The summed E-state index contributed by atoms with van der Waals surface area (Å²) in [6, 6.07) is 15.2. The van der Waals surface area contributed by atoms with E-state index in [4.69, 9.17) is 11.5 Å². The third kappa shape index (κ3) is 5.17. The second kappa shape index (κ2) is 10.4. The summed E-state index contributed by atoms with van der Waals surface area (Å²) < 4.78 is 48.8. The molecule has 0 radical (unpaired) electrons. The molecule has 1 aliphatic heterocycles. The van der Waals surface area contributed by atoms with Gasteiger partial charge in [0.2, 0.25) is 0 Å². The van der Waals surface area contributed by atoms with Gasteiger partial charge in [-0.05, 0) is 61.9 Å². The van der Waals surface area contributed by atoms with Crippen LogP contribution in [-0.4, -0.2) is 26.3 Å². The monoisotopic (exact) mass is 698 g/mol. The van der Waals surface area contributed by atoms with Crippen molar-refractivity contribution in [2.75, 3.05) is 14.2 Å². The maximum absolute atomic E-state index is 13.8. The van der Waals surface area contributed by atoms with E-state index in [-0.39, 0.29) is 39.5 Å². The van der Waals surface area contributed by atoms with E-state index in [1.165, 1.54) is 22.8 Å². The topological polar surface area (TPSA) is 145 Å². The Morgan fingerprint density at radius 2 is 1.70 bits per heavy atom. The van der Waals surface area contributed by atoms with Crippen LogP contribution in [0.15, 0.2) is 75.7 Å². The number of nitrogens with zero attached hydrogens (tertiary/aromatic N) is 5. The number of para-hydroxylation sites is 2. The number of fused-ring (bicyclic) bond motifs is 2. The van der Waals surface area contributed by atoms with Crippen LogP contribution in [0.4, 0.5) is 30.4 Å². The summed E-state index contributed by atoms with van der Waals surface area (Å²) in [5.74, 6) is -1.46. The van der Waals surface area contributed by atoms with Gasteiger partial charge in [0.1, 0.15) is 38.2 Å². The molecule has 2 amide bonds. The number of halogens is 4. The standard InChI is InChI=1S/C29H22F3IN8O2/c1-14-7-8-16(28(43)36-18-10-17(29(30,31)32)11-19(12-18)40-13-15(2)39-33-40)9-22(14)41-25(34)23(26(35)42)24-27(41)38-21-6-4-3-5-20(21)37-24/h3-13H,34H2,1-2H3,(H2,35,42)(H,36,43). The molecule has 2 aromatic heterocycles. The number of nitrogen functional groups attached to an aromatic ring is 1. The molecule has 0 aliphatic carbocycles. The predicted molar refractivity (Wildman–Crippen MR) is 166 cm³/mol. The van der Waals surface area contributed by atoms with Gasteiger partial charge in [0, 0.05) is 17.5 Å². The minimum atomic E-state index is -4.63. The molecule has 0 saturated carbocycles. The van der Waals surface area contributed by atoms with Crippen molar-refractivity contribution < 1.29 is 22.8 Å². The van der Waals surface area contributed by atoms with Gasteiger partial charge in [0.05, 0.1) is 33.7 Å². The molecule has 3 aromatic carbocycles. The highest BCUT2D eigenvalue weighted by molar-refractivity contribution is 14.2. The number of aryl methyl sites for hydroxylation is 1. The molecule has 0 saturated heterocycles. The van der Waals surface area contributed by atoms with Crippen LogP contribution in [0.3, 0.4) is 0 Å². The van der Waals surface area contributed by atoms with Crippen molar-refractivity contribution in [1.82, 2.24) is 14.5 Å². The molecule has 0 spiro atoms. The fourth-order valence-corrected chi connectivity index (χ4v) is 6.49. The lowest BCUT2D eigenvalue weighted by Gasteiger charge is -2.17. The lowest BCUT2D eigenvalue weighted by molar-refractivity contribution is -0.137. The lowest BCUT2D eigenvalue weighted by Crippen LogP contribution is -2.16. The smallest absolute Gasteiger partial charge is 0.384 e. The first kappa shape index (κ1) is 28.3. The number of amides is 2. The highest BCUT2D eigenvalue weighted by Crippen LogP contribution is 2.39. The van der Waals surface area contributed by atoms with Crippen LogP contribution < -0.4 is 19.9 Å². The fraction of sp³-hybridized carbons (Fsp3) is 0.103. The molecule has 43 heavy (non-hydrogen) atoms. The number of nitrogens with one attached hydrogen (secondary N) is 1. The highest BCUT2D eigenvalue weighted by atomic mass is 127. The van der Waals surface area contributed by atoms with Crippen LogP contribution in [0.2, 0.25) is 0 Å². The van der Waals surface area contributed by atoms with Gasteiger partial charge in [-0.2, -0.15) is 13.2 Å². The SMILES string of the molecule is CC1=CN(c2cc(NC(=O)c3ccc(C)c(-n4c(N)c(C(N)=O)c5nc6ccccc6nc54)c3)cc(C(F)(F)F)c2)I=N1. The van der Waals surface area contributed by atoms with Gasteiger partial charge in [-0.25, -0.2) is 13.1 Å². The number of anilines is 3. The van der Waals surface area contributed by atoms with Crippen LogP contribution in [-0.2, 0) is 6.18 Å². The molecule has 0 unspecified atom stereocenters. The Labute approximate surface area is 252 Å². The first-order valence-corrected chi connectivity index (χ1v) is 14.7. The maximum Gasteiger partial charge on any atom is 0.416 e. The third-order valence-corrected chi connectivity index (χ3v) is 9.04. The second-order valence-corrected chi connectivity index (χ2v) is 11.8. The minimum absolute atomic E-state index is 0.0105. The summed E-state index contributed by atoms with van der Waals surface area (Å²) in [5, 5.41) is 2.60. The number of primary amides is 1. The normalized spacial score (nSPS) is 13.3. The van der Waals surface area contributed by atoms with Crippen molar-refractivity contribution in [3.8, 4) is 5.69 Å². The molecule has 3 heterocycles. The van der Waals surface area contributed by atoms with E-state index in [1.54, 1.807) is 53.5 Å². The van der Waals surface area contributed by atoms with Crippen LogP contribution in [0.5, 0.6) is 0 Å². The molecule has 5 N–H and O–H groups in total. The zero-order chi connectivity index (χ0) is 30.6. The third-order valence-electron chi connectivity index (χ3n) is 6.76. The van der Waals surface area contributed by atoms with E-state index in [1.807, 2.05) is 0 Å². The van der Waals surface area contributed by atoms with E-state index in [0.717, 1.165) is 17.8 Å². The predicted octanol–water partition coefficient (Wildman–Crippen LogP) is 6.58. The molecule has 14 heteroatoms. The first-order valence-electron chi connectivity index (χ1n) is 12.7. The zero-order valence-corrected chi connectivity index (χ0v) is 24.7. The van der Waals surface area contributed by atoms with Crippen molar-refractivity contribution in [2.45, 2.75) is 20.0 Å². The zero-order valence-electron chi connectivity index (χ0n) is 22.6. The minimum Gasteiger partial charge on any atom is -0.384 e. The molecule has 10 nitrogen and oxygen atoms in total. The van der Waals surface area contributed by atoms with E-state index in [9.17, 15) is 22.8 Å². The van der Waals surface area contributed by atoms with Gasteiger partial charge >= 0.3 is 6.18 Å². The molecule has 5 aromatic rings. The Balaban J connectivity index is 1.43. The molecule has 0 bridgehead atoms. The molecule has 6 rings (SSSR count). The average molecular weight is 698 g/mol. The lowest BCUT2D eigenvalue weighted by atomic mass is 10.1. The largest absolute Gasteiger partial charge is 0.416 e. The summed E-state index contributed by atoms with van der Waals surface area (Å²) >= 11 is -0.910. The van der Waals surface area contributed by atoms with Gasteiger partial charge < -0.3 is 16.8 Å². The quantitative estimate of drug-likeness (QED) is 0.140. The first-order chi connectivity index (χ1) is 20.4. The Hall–Kier alpha value is -4.86. The van der Waals surface area contributed by atoms with E-state index in [2.05, 4.69) is 18.4 Å². The van der Waals surface area contributed by atoms with Gasteiger partial charge in [0.25, 0.3) is 11.8 Å². The number of allylic oxidation sites excluding steroid dienone is 1. The number of nitrogens with two attached hydrogens (primary N) is 2.